The van der Waals surface area contributed by atoms with Gasteiger partial charge in [-0.3, -0.25) is 4.79 Å². The van der Waals surface area contributed by atoms with Gasteiger partial charge in [-0.25, -0.2) is 0 Å². The molecule has 1 aromatic rings. The minimum absolute atomic E-state index is 0.224. The van der Waals surface area contributed by atoms with Gasteiger partial charge < -0.3 is 10.6 Å². The summed E-state index contributed by atoms with van der Waals surface area (Å²) < 4.78 is 0.256. The molecule has 2 N–H and O–H groups in total. The van der Waals surface area contributed by atoms with Gasteiger partial charge in [-0.1, -0.05) is 18.2 Å². The Morgan fingerprint density at radius 2 is 2.14 bits per heavy atom. The predicted octanol–water partition coefficient (Wildman–Crippen LogP) is 2.82. The molecule has 1 aromatic carbocycles. The van der Waals surface area contributed by atoms with Gasteiger partial charge in [-0.05, 0) is 56.8 Å². The van der Waals surface area contributed by atoms with Gasteiger partial charge in [0.15, 0.2) is 0 Å². The molecule has 2 fully saturated rings. The summed E-state index contributed by atoms with van der Waals surface area (Å²) in [5, 5.41) is 6.50. The minimum Gasteiger partial charge on any atom is -0.355 e. The minimum atomic E-state index is 0.224. The number of thioether (sulfide) groups is 1. The van der Waals surface area contributed by atoms with Gasteiger partial charge in [0.2, 0.25) is 5.91 Å². The summed E-state index contributed by atoms with van der Waals surface area (Å²) in [6, 6.07) is 10.5. The number of benzene rings is 1. The average molecular weight is 304 g/mol. The van der Waals surface area contributed by atoms with Gasteiger partial charge in [-0.15, -0.1) is 11.8 Å². The predicted molar refractivity (Wildman–Crippen MR) is 87.5 cm³/mol. The molecular weight excluding hydrogens is 280 g/mol. The van der Waals surface area contributed by atoms with Gasteiger partial charge in [0, 0.05) is 22.6 Å². The summed E-state index contributed by atoms with van der Waals surface area (Å²) in [5.41, 5.74) is 0. The van der Waals surface area contributed by atoms with E-state index in [-0.39, 0.29) is 10.7 Å². The van der Waals surface area contributed by atoms with Crippen molar-refractivity contribution >= 4 is 17.7 Å². The molecule has 1 heterocycles. The summed E-state index contributed by atoms with van der Waals surface area (Å²) in [5.74, 6) is 0.922. The Balaban J connectivity index is 1.38. The fraction of sp³-hybridized carbons (Fsp3) is 0.588. The molecule has 114 valence electrons. The lowest BCUT2D eigenvalue weighted by atomic mass is 10.0. The fourth-order valence-corrected chi connectivity index (χ4v) is 4.08. The van der Waals surface area contributed by atoms with E-state index >= 15 is 0 Å². The number of rotatable bonds is 7. The zero-order valence-electron chi connectivity index (χ0n) is 12.4. The smallest absolute Gasteiger partial charge is 0.220 e. The van der Waals surface area contributed by atoms with Crippen molar-refractivity contribution in [1.82, 2.24) is 10.6 Å². The van der Waals surface area contributed by atoms with E-state index in [0.29, 0.717) is 12.3 Å². The van der Waals surface area contributed by atoms with Crippen LogP contribution in [-0.2, 0) is 4.79 Å². The first-order chi connectivity index (χ1) is 10.3. The van der Waals surface area contributed by atoms with Crippen molar-refractivity contribution in [2.75, 3.05) is 19.6 Å². The molecule has 2 aliphatic rings. The molecular formula is C17H24N2OS. The Morgan fingerprint density at radius 1 is 1.33 bits per heavy atom. The average Bonchev–Trinajstić information content (AvgIpc) is 3.07. The summed E-state index contributed by atoms with van der Waals surface area (Å²) in [6.07, 6.45) is 5.34. The maximum absolute atomic E-state index is 12.0. The zero-order chi connectivity index (χ0) is 14.5. The standard InChI is InChI=1S/C17H24N2OS/c20-16(7-6-14-8-11-18-12-14)19-13-17(9-10-17)21-15-4-2-1-3-5-15/h1-5,14,18H,6-13H2,(H,19,20). The molecule has 3 nitrogen and oxygen atoms in total. The van der Waals surface area contributed by atoms with Crippen LogP contribution in [0.15, 0.2) is 35.2 Å². The monoisotopic (exact) mass is 304 g/mol. The third-order valence-electron chi connectivity index (χ3n) is 4.43. The van der Waals surface area contributed by atoms with Gasteiger partial charge in [0.1, 0.15) is 0 Å². The summed E-state index contributed by atoms with van der Waals surface area (Å²) >= 11 is 1.92. The van der Waals surface area contributed by atoms with Crippen LogP contribution in [0.3, 0.4) is 0 Å². The van der Waals surface area contributed by atoms with Gasteiger partial charge in [0.05, 0.1) is 0 Å². The Labute approximate surface area is 131 Å². The van der Waals surface area contributed by atoms with Crippen LogP contribution in [0.5, 0.6) is 0 Å². The molecule has 1 saturated carbocycles. The third-order valence-corrected chi connectivity index (χ3v) is 5.93. The highest BCUT2D eigenvalue weighted by atomic mass is 32.2. The highest BCUT2D eigenvalue weighted by Crippen LogP contribution is 2.51. The first kappa shape index (κ1) is 14.9. The van der Waals surface area contributed by atoms with Crippen molar-refractivity contribution in [3.63, 3.8) is 0 Å². The normalized spacial score (nSPS) is 23.0. The molecule has 1 atom stereocenters. The third kappa shape index (κ3) is 4.48. The Kier molecular flexibility index (Phi) is 4.86. The summed E-state index contributed by atoms with van der Waals surface area (Å²) in [7, 11) is 0. The van der Waals surface area contributed by atoms with Crippen LogP contribution < -0.4 is 10.6 Å². The number of amides is 1. The van der Waals surface area contributed by atoms with Gasteiger partial charge in [-0.2, -0.15) is 0 Å². The SMILES string of the molecule is O=C(CCC1CCNC1)NCC1(Sc2ccccc2)CC1. The molecule has 0 bridgehead atoms. The van der Waals surface area contributed by atoms with Crippen LogP contribution in [0, 0.1) is 5.92 Å². The van der Waals surface area contributed by atoms with Crippen molar-refractivity contribution in [3.05, 3.63) is 30.3 Å². The maximum Gasteiger partial charge on any atom is 0.220 e. The molecule has 1 saturated heterocycles. The maximum atomic E-state index is 12.0. The quantitative estimate of drug-likeness (QED) is 0.814. The number of hydrogen-bond donors (Lipinski definition) is 2. The molecule has 3 rings (SSSR count). The first-order valence-corrected chi connectivity index (χ1v) is 8.79. The van der Waals surface area contributed by atoms with Crippen LogP contribution in [0.4, 0.5) is 0 Å². The molecule has 21 heavy (non-hydrogen) atoms. The fourth-order valence-electron chi connectivity index (χ4n) is 2.84. The van der Waals surface area contributed by atoms with E-state index in [4.69, 9.17) is 0 Å². The lowest BCUT2D eigenvalue weighted by Crippen LogP contribution is -2.32. The lowest BCUT2D eigenvalue weighted by Gasteiger charge is -2.16. The molecule has 0 spiro atoms. The summed E-state index contributed by atoms with van der Waals surface area (Å²) in [4.78, 5) is 13.3. The number of nitrogens with one attached hydrogen (secondary N) is 2. The second-order valence-corrected chi connectivity index (χ2v) is 7.81. The topological polar surface area (TPSA) is 41.1 Å². The number of carbonyl (C=O) groups excluding carboxylic acids is 1. The van der Waals surface area contributed by atoms with E-state index in [2.05, 4.69) is 34.9 Å². The molecule has 1 aliphatic carbocycles. The second kappa shape index (κ2) is 6.84. The van der Waals surface area contributed by atoms with Crippen LogP contribution in [0.1, 0.15) is 32.1 Å². The van der Waals surface area contributed by atoms with Gasteiger partial charge >= 0.3 is 0 Å². The largest absolute Gasteiger partial charge is 0.355 e. The lowest BCUT2D eigenvalue weighted by molar-refractivity contribution is -0.121. The first-order valence-electron chi connectivity index (χ1n) is 7.97. The van der Waals surface area contributed by atoms with E-state index in [1.807, 2.05) is 17.8 Å². The highest BCUT2D eigenvalue weighted by molar-refractivity contribution is 8.01. The van der Waals surface area contributed by atoms with E-state index in [1.165, 1.54) is 24.2 Å². The van der Waals surface area contributed by atoms with Crippen LogP contribution >= 0.6 is 11.8 Å². The Bertz CT molecular complexity index is 467. The molecule has 0 aromatic heterocycles. The molecule has 1 amide bonds. The van der Waals surface area contributed by atoms with Crippen LogP contribution in [0.25, 0.3) is 0 Å². The molecule has 1 unspecified atom stereocenters. The Hall–Kier alpha value is -1.00. The van der Waals surface area contributed by atoms with Gasteiger partial charge in [0.25, 0.3) is 0 Å². The zero-order valence-corrected chi connectivity index (χ0v) is 13.3. The second-order valence-electron chi connectivity index (χ2n) is 6.27. The molecule has 0 radical (unpaired) electrons. The molecule has 4 heteroatoms. The van der Waals surface area contributed by atoms with Crippen LogP contribution in [0.2, 0.25) is 0 Å². The number of carbonyl (C=O) groups is 1. The van der Waals surface area contributed by atoms with E-state index in [0.717, 1.165) is 26.1 Å². The summed E-state index contributed by atoms with van der Waals surface area (Å²) in [6.45, 7) is 3.01. The van der Waals surface area contributed by atoms with Crippen molar-refractivity contribution in [2.24, 2.45) is 5.92 Å². The van der Waals surface area contributed by atoms with Crippen molar-refractivity contribution < 1.29 is 4.79 Å². The Morgan fingerprint density at radius 3 is 2.81 bits per heavy atom. The number of hydrogen-bond acceptors (Lipinski definition) is 3. The molecule has 1 aliphatic heterocycles. The highest BCUT2D eigenvalue weighted by Gasteiger charge is 2.43. The van der Waals surface area contributed by atoms with E-state index < -0.39 is 0 Å². The van der Waals surface area contributed by atoms with E-state index in [1.54, 1.807) is 0 Å². The van der Waals surface area contributed by atoms with E-state index in [9.17, 15) is 4.79 Å². The van der Waals surface area contributed by atoms with Crippen molar-refractivity contribution in [2.45, 2.75) is 41.7 Å². The van der Waals surface area contributed by atoms with Crippen molar-refractivity contribution in [1.29, 1.82) is 0 Å². The van der Waals surface area contributed by atoms with Crippen LogP contribution in [-0.4, -0.2) is 30.3 Å². The van der Waals surface area contributed by atoms with Crippen molar-refractivity contribution in [3.8, 4) is 0 Å².